The van der Waals surface area contributed by atoms with Crippen molar-refractivity contribution < 1.29 is 14.0 Å². The van der Waals surface area contributed by atoms with Gasteiger partial charge < -0.3 is 10.6 Å². The molecule has 1 fully saturated rings. The first-order chi connectivity index (χ1) is 14.6. The summed E-state index contributed by atoms with van der Waals surface area (Å²) in [6.45, 7) is 0. The standard InChI is InChI=1S/C24H21FN2O2S/c25-20-8-4-5-9-21(20)27-24(29)22(16-6-2-1-3-7-16)30-19-14-12-18(13-15-19)26-23(28)17-10-11-17/h1-9,12-15,17,22H,10-11H2,(H,26,28)(H,27,29). The van der Waals surface area contributed by atoms with Crippen LogP contribution in [0.1, 0.15) is 23.7 Å². The zero-order valence-electron chi connectivity index (χ0n) is 16.2. The molecule has 0 heterocycles. The maximum Gasteiger partial charge on any atom is 0.242 e. The summed E-state index contributed by atoms with van der Waals surface area (Å²) >= 11 is 1.37. The number of rotatable bonds is 7. The van der Waals surface area contributed by atoms with Crippen LogP contribution in [0.5, 0.6) is 0 Å². The van der Waals surface area contributed by atoms with Crippen LogP contribution in [0, 0.1) is 11.7 Å². The highest BCUT2D eigenvalue weighted by atomic mass is 32.2. The summed E-state index contributed by atoms with van der Waals surface area (Å²) < 4.78 is 14.0. The number of carbonyl (C=O) groups is 2. The van der Waals surface area contributed by atoms with Gasteiger partial charge in [-0.3, -0.25) is 9.59 Å². The largest absolute Gasteiger partial charge is 0.326 e. The van der Waals surface area contributed by atoms with Gasteiger partial charge in [0.15, 0.2) is 0 Å². The van der Waals surface area contributed by atoms with Crippen LogP contribution in [0.4, 0.5) is 15.8 Å². The third-order valence-corrected chi connectivity index (χ3v) is 6.06. The maximum atomic E-state index is 14.0. The van der Waals surface area contributed by atoms with Gasteiger partial charge in [-0.2, -0.15) is 0 Å². The molecular formula is C24H21FN2O2S. The average Bonchev–Trinajstić information content (AvgIpc) is 3.61. The molecular weight excluding hydrogens is 399 g/mol. The van der Waals surface area contributed by atoms with Gasteiger partial charge in [-0.25, -0.2) is 4.39 Å². The number of benzene rings is 3. The first kappa shape index (κ1) is 20.2. The predicted molar refractivity (Wildman–Crippen MR) is 118 cm³/mol. The minimum Gasteiger partial charge on any atom is -0.326 e. The van der Waals surface area contributed by atoms with E-state index in [1.807, 2.05) is 54.6 Å². The van der Waals surface area contributed by atoms with E-state index in [1.54, 1.807) is 12.1 Å². The lowest BCUT2D eigenvalue weighted by Crippen LogP contribution is -2.19. The Morgan fingerprint density at radius 1 is 0.867 bits per heavy atom. The van der Waals surface area contributed by atoms with Crippen LogP contribution in [-0.2, 0) is 9.59 Å². The van der Waals surface area contributed by atoms with Crippen molar-refractivity contribution in [2.45, 2.75) is 23.0 Å². The summed E-state index contributed by atoms with van der Waals surface area (Å²) in [5, 5.41) is 5.05. The fourth-order valence-corrected chi connectivity index (χ4v) is 4.03. The van der Waals surface area contributed by atoms with Crippen LogP contribution < -0.4 is 10.6 Å². The second-order valence-electron chi connectivity index (χ2n) is 7.17. The quantitative estimate of drug-likeness (QED) is 0.486. The van der Waals surface area contributed by atoms with Crippen molar-refractivity contribution >= 4 is 35.0 Å². The molecule has 4 rings (SSSR count). The number of para-hydroxylation sites is 1. The third kappa shape index (κ3) is 5.07. The van der Waals surface area contributed by atoms with Gasteiger partial charge in [0, 0.05) is 16.5 Å². The van der Waals surface area contributed by atoms with Gasteiger partial charge in [-0.15, -0.1) is 11.8 Å². The normalized spacial score (nSPS) is 14.0. The fraction of sp³-hybridized carbons (Fsp3) is 0.167. The molecule has 4 nitrogen and oxygen atoms in total. The highest BCUT2D eigenvalue weighted by Crippen LogP contribution is 2.37. The molecule has 0 bridgehead atoms. The Labute approximate surface area is 178 Å². The van der Waals surface area contributed by atoms with Crippen LogP contribution in [-0.4, -0.2) is 11.8 Å². The first-order valence-electron chi connectivity index (χ1n) is 9.78. The molecule has 1 aliphatic rings. The minimum absolute atomic E-state index is 0.0573. The monoisotopic (exact) mass is 420 g/mol. The molecule has 0 saturated heterocycles. The Kier molecular flexibility index (Phi) is 6.14. The molecule has 152 valence electrons. The lowest BCUT2D eigenvalue weighted by atomic mass is 10.1. The maximum absolute atomic E-state index is 14.0. The predicted octanol–water partition coefficient (Wildman–Crippen LogP) is 5.65. The summed E-state index contributed by atoms with van der Waals surface area (Å²) in [5.74, 6) is -0.578. The smallest absolute Gasteiger partial charge is 0.242 e. The molecule has 3 aromatic carbocycles. The van der Waals surface area contributed by atoms with Crippen LogP contribution in [0.3, 0.4) is 0 Å². The molecule has 1 aliphatic carbocycles. The molecule has 30 heavy (non-hydrogen) atoms. The van der Waals surface area contributed by atoms with E-state index in [4.69, 9.17) is 0 Å². The Morgan fingerprint density at radius 3 is 2.20 bits per heavy atom. The topological polar surface area (TPSA) is 58.2 Å². The summed E-state index contributed by atoms with van der Waals surface area (Å²) in [5.41, 5.74) is 1.72. The van der Waals surface area contributed by atoms with Crippen molar-refractivity contribution in [1.29, 1.82) is 0 Å². The minimum atomic E-state index is -0.558. The van der Waals surface area contributed by atoms with Crippen molar-refractivity contribution in [1.82, 2.24) is 0 Å². The van der Waals surface area contributed by atoms with Gasteiger partial charge in [0.1, 0.15) is 11.1 Å². The van der Waals surface area contributed by atoms with E-state index in [1.165, 1.54) is 23.9 Å². The van der Waals surface area contributed by atoms with Gasteiger partial charge in [-0.05, 0) is 54.8 Å². The molecule has 1 unspecified atom stereocenters. The Balaban J connectivity index is 1.50. The average molecular weight is 421 g/mol. The molecule has 2 N–H and O–H groups in total. The summed E-state index contributed by atoms with van der Waals surface area (Å²) in [7, 11) is 0. The number of carbonyl (C=O) groups excluding carboxylic acids is 2. The number of nitrogens with one attached hydrogen (secondary N) is 2. The Bertz CT molecular complexity index is 1040. The van der Waals surface area contributed by atoms with Crippen molar-refractivity contribution in [3.63, 3.8) is 0 Å². The molecule has 3 aromatic rings. The highest BCUT2D eigenvalue weighted by Gasteiger charge is 2.29. The van der Waals surface area contributed by atoms with E-state index in [-0.39, 0.29) is 23.4 Å². The number of anilines is 2. The molecule has 0 aliphatic heterocycles. The molecule has 0 spiro atoms. The zero-order chi connectivity index (χ0) is 20.9. The molecule has 6 heteroatoms. The second-order valence-corrected chi connectivity index (χ2v) is 8.34. The first-order valence-corrected chi connectivity index (χ1v) is 10.7. The molecule has 1 atom stereocenters. The van der Waals surface area contributed by atoms with Crippen molar-refractivity contribution in [2.75, 3.05) is 10.6 Å². The zero-order valence-corrected chi connectivity index (χ0v) is 17.0. The van der Waals surface area contributed by atoms with Crippen LogP contribution >= 0.6 is 11.8 Å². The van der Waals surface area contributed by atoms with E-state index in [0.29, 0.717) is 0 Å². The van der Waals surface area contributed by atoms with Gasteiger partial charge >= 0.3 is 0 Å². The number of hydrogen-bond acceptors (Lipinski definition) is 3. The number of halogens is 1. The van der Waals surface area contributed by atoms with E-state index in [2.05, 4.69) is 10.6 Å². The fourth-order valence-electron chi connectivity index (χ4n) is 3.00. The summed E-state index contributed by atoms with van der Waals surface area (Å²) in [6.07, 6.45) is 1.91. The van der Waals surface area contributed by atoms with Crippen molar-refractivity contribution in [2.24, 2.45) is 5.92 Å². The van der Waals surface area contributed by atoms with E-state index in [0.717, 1.165) is 29.0 Å². The van der Waals surface area contributed by atoms with Gasteiger partial charge in [0.2, 0.25) is 11.8 Å². The van der Waals surface area contributed by atoms with E-state index >= 15 is 0 Å². The third-order valence-electron chi connectivity index (χ3n) is 4.80. The molecule has 1 saturated carbocycles. The lowest BCUT2D eigenvalue weighted by molar-refractivity contribution is -0.117. The lowest BCUT2D eigenvalue weighted by Gasteiger charge is -2.17. The summed E-state index contributed by atoms with van der Waals surface area (Å²) in [4.78, 5) is 25.8. The van der Waals surface area contributed by atoms with E-state index in [9.17, 15) is 14.0 Å². The van der Waals surface area contributed by atoms with Crippen LogP contribution in [0.25, 0.3) is 0 Å². The molecule has 0 aromatic heterocycles. The second kappa shape index (κ2) is 9.13. The van der Waals surface area contributed by atoms with Crippen molar-refractivity contribution in [3.8, 4) is 0 Å². The molecule has 2 amide bonds. The number of thioether (sulfide) groups is 1. The van der Waals surface area contributed by atoms with Gasteiger partial charge in [0.05, 0.1) is 5.69 Å². The number of amides is 2. The van der Waals surface area contributed by atoms with Gasteiger partial charge in [0.25, 0.3) is 0 Å². The highest BCUT2D eigenvalue weighted by molar-refractivity contribution is 8.00. The van der Waals surface area contributed by atoms with E-state index < -0.39 is 11.1 Å². The van der Waals surface area contributed by atoms with Crippen LogP contribution in [0.2, 0.25) is 0 Å². The Hall–Kier alpha value is -3.12. The SMILES string of the molecule is O=C(Nc1ccc(SC(C(=O)Nc2ccccc2F)c2ccccc2)cc1)C1CC1. The Morgan fingerprint density at radius 2 is 1.53 bits per heavy atom. The molecule has 0 radical (unpaired) electrons. The summed E-state index contributed by atoms with van der Waals surface area (Å²) in [6, 6.07) is 22.9. The van der Waals surface area contributed by atoms with Crippen molar-refractivity contribution in [3.05, 3.63) is 90.2 Å². The van der Waals surface area contributed by atoms with Crippen LogP contribution in [0.15, 0.2) is 83.8 Å². The number of hydrogen-bond donors (Lipinski definition) is 2. The van der Waals surface area contributed by atoms with Gasteiger partial charge in [-0.1, -0.05) is 42.5 Å².